The third-order valence-corrected chi connectivity index (χ3v) is 7.10. The van der Waals surface area contributed by atoms with Gasteiger partial charge in [-0.15, -0.1) is 0 Å². The maximum Gasteiger partial charge on any atom is 0.221 e. The number of nitrogens with one attached hydrogen (secondary N) is 2. The molecule has 0 spiro atoms. The van der Waals surface area contributed by atoms with Crippen LogP contribution in [0.2, 0.25) is 5.02 Å². The predicted molar refractivity (Wildman–Crippen MR) is 148 cm³/mol. The highest BCUT2D eigenvalue weighted by Crippen LogP contribution is 2.33. The number of fused-ring (bicyclic) bond motifs is 1. The summed E-state index contributed by atoms with van der Waals surface area (Å²) >= 11 is 6.28. The molecule has 4 aromatic rings. The van der Waals surface area contributed by atoms with E-state index in [9.17, 15) is 4.79 Å². The molecule has 2 heterocycles. The topological polar surface area (TPSA) is 62.2 Å². The summed E-state index contributed by atoms with van der Waals surface area (Å²) in [5.41, 5.74) is 5.23. The van der Waals surface area contributed by atoms with Gasteiger partial charge in [-0.1, -0.05) is 48.0 Å². The smallest absolute Gasteiger partial charge is 0.221 e. The van der Waals surface area contributed by atoms with E-state index in [4.69, 9.17) is 16.6 Å². The van der Waals surface area contributed by atoms with Crippen LogP contribution in [0.1, 0.15) is 37.7 Å². The highest BCUT2D eigenvalue weighted by Gasteiger charge is 2.22. The number of rotatable bonds is 8. The number of halogens is 1. The van der Waals surface area contributed by atoms with Crippen molar-refractivity contribution in [1.82, 2.24) is 14.5 Å². The molecule has 7 heteroatoms. The lowest BCUT2D eigenvalue weighted by Crippen LogP contribution is -2.34. The van der Waals surface area contributed by atoms with E-state index in [0.717, 1.165) is 73.8 Å². The third kappa shape index (κ3) is 5.55. The molecule has 1 fully saturated rings. The minimum Gasteiger partial charge on any atom is -0.355 e. The lowest BCUT2D eigenvalue weighted by Gasteiger charge is -2.33. The molecule has 0 saturated carbocycles. The highest BCUT2D eigenvalue weighted by molar-refractivity contribution is 6.30. The Bertz CT molecular complexity index is 1340. The number of para-hydroxylation sites is 3. The number of amides is 1. The Morgan fingerprint density at radius 2 is 1.81 bits per heavy atom. The van der Waals surface area contributed by atoms with Crippen LogP contribution in [0, 0.1) is 0 Å². The van der Waals surface area contributed by atoms with Crippen molar-refractivity contribution in [1.29, 1.82) is 0 Å². The number of benzene rings is 3. The maximum absolute atomic E-state index is 11.6. The minimum atomic E-state index is -0.0173. The predicted octanol–water partition coefficient (Wildman–Crippen LogP) is 6.32. The van der Waals surface area contributed by atoms with Gasteiger partial charge in [0.25, 0.3) is 0 Å². The van der Waals surface area contributed by atoms with Crippen LogP contribution in [0.25, 0.3) is 16.7 Å². The van der Waals surface area contributed by atoms with Crippen molar-refractivity contribution in [2.75, 3.05) is 36.8 Å². The number of piperidine rings is 1. The lowest BCUT2D eigenvalue weighted by atomic mass is 9.88. The summed E-state index contributed by atoms with van der Waals surface area (Å²) < 4.78 is 2.14. The van der Waals surface area contributed by atoms with Crippen LogP contribution in [0.3, 0.4) is 0 Å². The molecule has 1 aromatic heterocycles. The molecule has 0 atom stereocenters. The molecule has 186 valence electrons. The number of imidazole rings is 1. The van der Waals surface area contributed by atoms with E-state index < -0.39 is 0 Å². The fourth-order valence-corrected chi connectivity index (χ4v) is 5.33. The first kappa shape index (κ1) is 24.3. The summed E-state index contributed by atoms with van der Waals surface area (Å²) in [4.78, 5) is 19.0. The second-order valence-electron chi connectivity index (χ2n) is 9.40. The zero-order chi connectivity index (χ0) is 24.9. The Labute approximate surface area is 217 Å². The zero-order valence-electron chi connectivity index (χ0n) is 20.6. The largest absolute Gasteiger partial charge is 0.355 e. The first-order chi connectivity index (χ1) is 17.6. The summed E-state index contributed by atoms with van der Waals surface area (Å²) in [5.74, 6) is 1.31. The molecule has 6 nitrogen and oxygen atoms in total. The number of likely N-dealkylation sites (tertiary alicyclic amines) is 1. The van der Waals surface area contributed by atoms with Gasteiger partial charge in [-0.3, -0.25) is 9.36 Å². The normalized spacial score (nSPS) is 14.7. The zero-order valence-corrected chi connectivity index (χ0v) is 21.3. The van der Waals surface area contributed by atoms with Gasteiger partial charge in [0.2, 0.25) is 11.9 Å². The van der Waals surface area contributed by atoms with Gasteiger partial charge in [0, 0.05) is 24.2 Å². The average molecular weight is 502 g/mol. The molecule has 1 aliphatic rings. The van der Waals surface area contributed by atoms with E-state index in [2.05, 4.69) is 44.4 Å². The fourth-order valence-electron chi connectivity index (χ4n) is 5.15. The summed E-state index contributed by atoms with van der Waals surface area (Å²) in [6, 6.07) is 24.3. The molecule has 5 rings (SSSR count). The van der Waals surface area contributed by atoms with E-state index in [1.54, 1.807) is 6.92 Å². The number of nitrogens with zero attached hydrogens (tertiary/aromatic N) is 3. The van der Waals surface area contributed by atoms with Crippen molar-refractivity contribution in [3.8, 4) is 5.69 Å². The van der Waals surface area contributed by atoms with E-state index in [1.807, 2.05) is 48.5 Å². The van der Waals surface area contributed by atoms with Crippen LogP contribution in [-0.2, 0) is 4.79 Å². The molecule has 0 aliphatic carbocycles. The molecule has 3 aromatic carbocycles. The minimum absolute atomic E-state index is 0.0173. The van der Waals surface area contributed by atoms with Gasteiger partial charge in [-0.05, 0) is 86.8 Å². The molecule has 36 heavy (non-hydrogen) atoms. The van der Waals surface area contributed by atoms with Crippen LogP contribution in [0.15, 0.2) is 72.8 Å². The molecule has 1 aliphatic heterocycles. The number of hydrogen-bond acceptors (Lipinski definition) is 4. The number of carbonyl (C=O) groups is 1. The van der Waals surface area contributed by atoms with E-state index in [0.29, 0.717) is 10.9 Å². The Balaban J connectivity index is 1.17. The number of aromatic nitrogens is 2. The van der Waals surface area contributed by atoms with E-state index in [-0.39, 0.29) is 5.91 Å². The van der Waals surface area contributed by atoms with Crippen LogP contribution < -0.4 is 10.6 Å². The monoisotopic (exact) mass is 501 g/mol. The summed E-state index contributed by atoms with van der Waals surface area (Å²) in [6.07, 6.45) is 3.25. The van der Waals surface area contributed by atoms with Crippen molar-refractivity contribution >= 4 is 40.2 Å². The van der Waals surface area contributed by atoms with Gasteiger partial charge in [0.1, 0.15) is 0 Å². The third-order valence-electron chi connectivity index (χ3n) is 6.86. The quantitative estimate of drug-likeness (QED) is 0.277. The lowest BCUT2D eigenvalue weighted by molar-refractivity contribution is -0.114. The van der Waals surface area contributed by atoms with Gasteiger partial charge in [-0.2, -0.15) is 0 Å². The Morgan fingerprint density at radius 1 is 1.03 bits per heavy atom. The number of anilines is 2. The van der Waals surface area contributed by atoms with Crippen LogP contribution >= 0.6 is 11.6 Å². The van der Waals surface area contributed by atoms with E-state index in [1.165, 1.54) is 5.56 Å². The average Bonchev–Trinajstić information content (AvgIpc) is 3.25. The number of hydrogen-bond donors (Lipinski definition) is 2. The second-order valence-corrected chi connectivity index (χ2v) is 9.84. The molecule has 0 bridgehead atoms. The molecule has 1 saturated heterocycles. The standard InChI is InChI=1S/C29H32ClN5O/c1-21(36)32-26-11-3-2-10-25(26)22-14-18-34(19-15-22)17-7-16-31-29-33-27-12-4-5-13-28(27)35(29)24-9-6-8-23(30)20-24/h2-6,8-13,20,22H,7,14-19H2,1H3,(H,31,33)(H,32,36). The van der Waals surface area contributed by atoms with Crippen molar-refractivity contribution in [2.45, 2.75) is 32.1 Å². The Morgan fingerprint density at radius 3 is 2.61 bits per heavy atom. The summed E-state index contributed by atoms with van der Waals surface area (Å²) in [5, 5.41) is 7.26. The molecular formula is C29H32ClN5O. The first-order valence-electron chi connectivity index (χ1n) is 12.6. The van der Waals surface area contributed by atoms with Crippen LogP contribution in [0.4, 0.5) is 11.6 Å². The van der Waals surface area contributed by atoms with Gasteiger partial charge in [0.05, 0.1) is 16.7 Å². The second kappa shape index (κ2) is 11.1. The van der Waals surface area contributed by atoms with Crippen molar-refractivity contribution < 1.29 is 4.79 Å². The van der Waals surface area contributed by atoms with Crippen LogP contribution in [-0.4, -0.2) is 46.5 Å². The highest BCUT2D eigenvalue weighted by atomic mass is 35.5. The van der Waals surface area contributed by atoms with E-state index >= 15 is 0 Å². The summed E-state index contributed by atoms with van der Waals surface area (Å²) in [6.45, 7) is 5.59. The molecular weight excluding hydrogens is 470 g/mol. The fraction of sp³-hybridized carbons (Fsp3) is 0.310. The summed E-state index contributed by atoms with van der Waals surface area (Å²) in [7, 11) is 0. The number of carbonyl (C=O) groups excluding carboxylic acids is 1. The molecule has 2 N–H and O–H groups in total. The molecule has 1 amide bonds. The first-order valence-corrected chi connectivity index (χ1v) is 13.0. The van der Waals surface area contributed by atoms with Crippen LogP contribution in [0.5, 0.6) is 0 Å². The molecule has 0 unspecified atom stereocenters. The van der Waals surface area contributed by atoms with Crippen molar-refractivity contribution in [3.63, 3.8) is 0 Å². The van der Waals surface area contributed by atoms with Crippen molar-refractivity contribution in [2.24, 2.45) is 0 Å². The van der Waals surface area contributed by atoms with Crippen molar-refractivity contribution in [3.05, 3.63) is 83.4 Å². The maximum atomic E-state index is 11.6. The van der Waals surface area contributed by atoms with Gasteiger partial charge in [-0.25, -0.2) is 4.98 Å². The van der Waals surface area contributed by atoms with Gasteiger partial charge >= 0.3 is 0 Å². The Kier molecular flexibility index (Phi) is 7.54. The Hall–Kier alpha value is -3.35. The molecule has 0 radical (unpaired) electrons. The SMILES string of the molecule is CC(=O)Nc1ccccc1C1CCN(CCCNc2nc3ccccc3n2-c2cccc(Cl)c2)CC1. The van der Waals surface area contributed by atoms with Gasteiger partial charge < -0.3 is 15.5 Å². The van der Waals surface area contributed by atoms with Gasteiger partial charge in [0.15, 0.2) is 0 Å².